The summed E-state index contributed by atoms with van der Waals surface area (Å²) in [5, 5.41) is 0. The molecule has 1 aliphatic rings. The molecule has 18 heavy (non-hydrogen) atoms. The molecule has 0 aliphatic heterocycles. The van der Waals surface area contributed by atoms with Crippen molar-refractivity contribution in [1.29, 1.82) is 0 Å². The predicted molar refractivity (Wildman–Crippen MR) is 93.2 cm³/mol. The average Bonchev–Trinajstić information content (AvgIpc) is 2.90. The van der Waals surface area contributed by atoms with E-state index in [0.29, 0.717) is 0 Å². The zero-order chi connectivity index (χ0) is 13.0. The normalized spacial score (nSPS) is 20.7. The van der Waals surface area contributed by atoms with Gasteiger partial charge >= 0.3 is 0 Å². The van der Waals surface area contributed by atoms with Crippen molar-refractivity contribution in [2.45, 2.75) is 58.3 Å². The van der Waals surface area contributed by atoms with Gasteiger partial charge in [0.15, 0.2) is 0 Å². The smallest absolute Gasteiger partial charge is 0.0741 e. The lowest BCUT2D eigenvalue weighted by Gasteiger charge is -2.18. The molecule has 101 valence electrons. The minimum absolute atomic E-state index is 0.918. The highest BCUT2D eigenvalue weighted by Crippen LogP contribution is 2.40. The van der Waals surface area contributed by atoms with Crippen LogP contribution >= 0.6 is 49.9 Å². The first-order valence-corrected chi connectivity index (χ1v) is 9.67. The van der Waals surface area contributed by atoms with E-state index in [0.717, 1.165) is 5.92 Å². The molecule has 1 aromatic heterocycles. The molecule has 1 atom stereocenters. The van der Waals surface area contributed by atoms with Crippen LogP contribution < -0.4 is 0 Å². The van der Waals surface area contributed by atoms with E-state index >= 15 is 0 Å². The molecule has 1 radical (unpaired) electrons. The van der Waals surface area contributed by atoms with Crippen LogP contribution in [0.3, 0.4) is 0 Å². The van der Waals surface area contributed by atoms with Crippen LogP contribution in [0, 0.1) is 14.7 Å². The van der Waals surface area contributed by atoms with Crippen LogP contribution in [0.1, 0.15) is 57.4 Å². The first-order valence-electron chi connectivity index (χ1n) is 6.99. The third kappa shape index (κ3) is 4.20. The highest BCUT2D eigenvalue weighted by atomic mass is 127. The summed E-state index contributed by atoms with van der Waals surface area (Å²) in [7, 11) is 0. The minimum Gasteiger partial charge on any atom is -0.122 e. The second-order valence-corrected chi connectivity index (χ2v) is 9.50. The molecular formula is C15H21BrIS. The van der Waals surface area contributed by atoms with Crippen LogP contribution in [-0.4, -0.2) is 0 Å². The van der Waals surface area contributed by atoms with Gasteiger partial charge in [0.25, 0.3) is 0 Å². The minimum atomic E-state index is 0.918. The van der Waals surface area contributed by atoms with Crippen molar-refractivity contribution in [1.82, 2.24) is 0 Å². The van der Waals surface area contributed by atoms with Crippen LogP contribution in [0.25, 0.3) is 0 Å². The van der Waals surface area contributed by atoms with E-state index in [1.54, 1.807) is 0 Å². The van der Waals surface area contributed by atoms with E-state index in [2.05, 4.69) is 51.5 Å². The summed E-state index contributed by atoms with van der Waals surface area (Å²) in [6.45, 7) is 2.30. The second kappa shape index (κ2) is 7.63. The first-order chi connectivity index (χ1) is 8.70. The van der Waals surface area contributed by atoms with Crippen LogP contribution in [0.4, 0.5) is 0 Å². The van der Waals surface area contributed by atoms with Gasteiger partial charge in [-0.3, -0.25) is 0 Å². The van der Waals surface area contributed by atoms with Crippen LogP contribution in [0.5, 0.6) is 0 Å². The molecule has 1 fully saturated rings. The van der Waals surface area contributed by atoms with Gasteiger partial charge in [-0.15, -0.1) is 11.3 Å². The Bertz CT molecular complexity index is 375. The Balaban J connectivity index is 1.83. The fourth-order valence-corrected chi connectivity index (χ4v) is 6.38. The number of hydrogen-bond donors (Lipinski definition) is 0. The van der Waals surface area contributed by atoms with Gasteiger partial charge in [-0.2, -0.15) is 0 Å². The van der Waals surface area contributed by atoms with Crippen molar-refractivity contribution in [3.8, 4) is 0 Å². The van der Waals surface area contributed by atoms with Crippen LogP contribution in [0.15, 0.2) is 9.85 Å². The van der Waals surface area contributed by atoms with Crippen LogP contribution in [0.2, 0.25) is 0 Å². The molecule has 2 rings (SSSR count). The molecule has 0 saturated heterocycles. The molecular weight excluding hydrogens is 419 g/mol. The molecule has 3 heteroatoms. The van der Waals surface area contributed by atoms with E-state index in [1.807, 2.05) is 17.3 Å². The largest absolute Gasteiger partial charge is 0.122 e. The number of rotatable bonds is 6. The SMILES string of the molecule is CCCC[C]1CCCC1CCc1cc(I)sc1Br. The second-order valence-electron chi connectivity index (χ2n) is 5.24. The number of thiophene rings is 1. The monoisotopic (exact) mass is 439 g/mol. The molecule has 0 amide bonds. The van der Waals surface area contributed by atoms with E-state index in [-0.39, 0.29) is 0 Å². The van der Waals surface area contributed by atoms with Gasteiger partial charge in [-0.05, 0) is 94.1 Å². The van der Waals surface area contributed by atoms with Gasteiger partial charge < -0.3 is 0 Å². The van der Waals surface area contributed by atoms with E-state index in [1.165, 1.54) is 63.6 Å². The van der Waals surface area contributed by atoms with Gasteiger partial charge in [0.05, 0.1) is 6.67 Å². The van der Waals surface area contributed by atoms with Crippen molar-refractivity contribution in [2.24, 2.45) is 5.92 Å². The average molecular weight is 440 g/mol. The fraction of sp³-hybridized carbons (Fsp3) is 0.667. The van der Waals surface area contributed by atoms with E-state index in [4.69, 9.17) is 0 Å². The molecule has 1 saturated carbocycles. The number of hydrogen-bond acceptors (Lipinski definition) is 1. The summed E-state index contributed by atoms with van der Waals surface area (Å²) in [4.78, 5) is 0. The Labute approximate surface area is 137 Å². The summed E-state index contributed by atoms with van der Waals surface area (Å²) in [5.74, 6) is 2.79. The lowest BCUT2D eigenvalue weighted by Crippen LogP contribution is -2.07. The van der Waals surface area contributed by atoms with Crippen molar-refractivity contribution in [2.75, 3.05) is 0 Å². The molecule has 1 unspecified atom stereocenters. The third-order valence-corrected chi connectivity index (χ3v) is 6.69. The highest BCUT2D eigenvalue weighted by molar-refractivity contribution is 14.1. The predicted octanol–water partition coefficient (Wildman–Crippen LogP) is 6.61. The summed E-state index contributed by atoms with van der Waals surface area (Å²) in [5.41, 5.74) is 1.52. The fourth-order valence-electron chi connectivity index (χ4n) is 2.94. The van der Waals surface area contributed by atoms with Gasteiger partial charge in [0.1, 0.15) is 0 Å². The zero-order valence-electron chi connectivity index (χ0n) is 11.0. The van der Waals surface area contributed by atoms with E-state index in [9.17, 15) is 0 Å². The summed E-state index contributed by atoms with van der Waals surface area (Å²) >= 11 is 7.97. The molecule has 0 bridgehead atoms. The Hall–Kier alpha value is 0.910. The Morgan fingerprint density at radius 1 is 1.44 bits per heavy atom. The number of halogens is 2. The zero-order valence-corrected chi connectivity index (χ0v) is 15.5. The van der Waals surface area contributed by atoms with Gasteiger partial charge in [0.2, 0.25) is 0 Å². The van der Waals surface area contributed by atoms with Gasteiger partial charge in [-0.1, -0.05) is 26.2 Å². The lowest BCUT2D eigenvalue weighted by molar-refractivity contribution is 0.496. The van der Waals surface area contributed by atoms with Crippen molar-refractivity contribution < 1.29 is 0 Å². The molecule has 0 nitrogen and oxygen atoms in total. The lowest BCUT2D eigenvalue weighted by atomic mass is 9.87. The Morgan fingerprint density at radius 2 is 2.28 bits per heavy atom. The molecule has 1 heterocycles. The van der Waals surface area contributed by atoms with Gasteiger partial charge in [-0.25, -0.2) is 0 Å². The third-order valence-electron chi connectivity index (χ3n) is 3.97. The maximum Gasteiger partial charge on any atom is 0.0741 e. The summed E-state index contributed by atoms with van der Waals surface area (Å²) < 4.78 is 2.75. The number of aryl methyl sites for hydroxylation is 1. The van der Waals surface area contributed by atoms with Crippen molar-refractivity contribution >= 4 is 49.9 Å². The van der Waals surface area contributed by atoms with Crippen molar-refractivity contribution in [3.63, 3.8) is 0 Å². The standard InChI is InChI=1S/C15H21BrIS/c1-2-3-5-11-6-4-7-12(11)8-9-13-10-14(17)18-15(13)16/h10,12H,2-9H2,1H3. The number of unbranched alkanes of at least 4 members (excludes halogenated alkanes) is 1. The molecule has 0 N–H and O–H groups in total. The Morgan fingerprint density at radius 3 is 2.94 bits per heavy atom. The summed E-state index contributed by atoms with van der Waals surface area (Å²) in [6.07, 6.45) is 11.0. The Kier molecular flexibility index (Phi) is 6.49. The molecule has 0 aromatic carbocycles. The highest BCUT2D eigenvalue weighted by Gasteiger charge is 2.26. The van der Waals surface area contributed by atoms with Gasteiger partial charge in [0, 0.05) is 0 Å². The molecule has 1 aromatic rings. The molecule has 0 spiro atoms. The molecule has 1 aliphatic carbocycles. The quantitative estimate of drug-likeness (QED) is 0.437. The maximum absolute atomic E-state index is 3.69. The topological polar surface area (TPSA) is 0 Å². The summed E-state index contributed by atoms with van der Waals surface area (Å²) in [6, 6.07) is 2.34. The van der Waals surface area contributed by atoms with Crippen molar-refractivity contribution in [3.05, 3.63) is 24.2 Å². The first kappa shape index (κ1) is 15.3. The van der Waals surface area contributed by atoms with Crippen LogP contribution in [-0.2, 0) is 6.42 Å². The van der Waals surface area contributed by atoms with E-state index < -0.39 is 0 Å². The maximum atomic E-state index is 3.69.